The maximum atomic E-state index is 15.5. The van der Waals surface area contributed by atoms with E-state index >= 15 is 4.39 Å². The third-order valence-electron chi connectivity index (χ3n) is 12.2. The first-order chi connectivity index (χ1) is 31.8. The first-order valence-corrected chi connectivity index (χ1v) is 22.1. The second-order valence-electron chi connectivity index (χ2n) is 16.7. The van der Waals surface area contributed by atoms with Crippen molar-refractivity contribution in [2.24, 2.45) is 0 Å². The molecule has 2 aliphatic rings. The first kappa shape index (κ1) is 45.7. The minimum absolute atomic E-state index is 0.0355. The van der Waals surface area contributed by atoms with Crippen molar-refractivity contribution >= 4 is 67.9 Å². The summed E-state index contributed by atoms with van der Waals surface area (Å²) in [6, 6.07) is 21.8. The third kappa shape index (κ3) is 10.3. The van der Waals surface area contributed by atoms with Gasteiger partial charge < -0.3 is 53.6 Å². The van der Waals surface area contributed by atoms with Crippen molar-refractivity contribution in [1.29, 1.82) is 0 Å². The molecule has 2 aliphatic heterocycles. The summed E-state index contributed by atoms with van der Waals surface area (Å²) in [6.07, 6.45) is 0. The molecule has 0 atom stereocenters. The summed E-state index contributed by atoms with van der Waals surface area (Å²) in [6.45, 7) is 10.1. The third-order valence-corrected chi connectivity index (χ3v) is 12.2. The summed E-state index contributed by atoms with van der Waals surface area (Å²) in [5, 5.41) is 5.93. The van der Waals surface area contributed by atoms with E-state index in [0.29, 0.717) is 74.0 Å². The van der Waals surface area contributed by atoms with Crippen LogP contribution in [0.3, 0.4) is 0 Å². The molecule has 2 saturated heterocycles. The Morgan fingerprint density at radius 2 is 1.23 bits per heavy atom. The highest BCUT2D eigenvalue weighted by Crippen LogP contribution is 2.31. The van der Waals surface area contributed by atoms with Gasteiger partial charge in [0.2, 0.25) is 0 Å². The summed E-state index contributed by atoms with van der Waals surface area (Å²) >= 11 is 0. The molecule has 17 heteroatoms. The zero-order valence-corrected chi connectivity index (χ0v) is 37.6. The molecular weight excluding hydrogens is 851 g/mol. The second-order valence-corrected chi connectivity index (χ2v) is 16.7. The molecule has 0 radical (unpaired) electrons. The van der Waals surface area contributed by atoms with Gasteiger partial charge in [-0.2, -0.15) is 0 Å². The van der Waals surface area contributed by atoms with Gasteiger partial charge in [-0.15, -0.1) is 0 Å². The Balaban J connectivity index is 0.817. The molecule has 4 heterocycles. The summed E-state index contributed by atoms with van der Waals surface area (Å²) < 4.78 is 48.1. The number of halogens is 2. The molecular formula is C49H54F2N8O7. The van der Waals surface area contributed by atoms with E-state index in [1.807, 2.05) is 60.0 Å². The molecule has 66 heavy (non-hydrogen) atoms. The van der Waals surface area contributed by atoms with Gasteiger partial charge in [0.15, 0.2) is 33.5 Å². The van der Waals surface area contributed by atoms with Crippen LogP contribution < -0.4 is 41.1 Å². The topological polar surface area (TPSA) is 147 Å². The standard InChI is InChI=1S/C49H54F2N8O7/c1-5-57(39-14-11-34(29-38(39)51)53-49(63)45-31-43(61)37-27-32(50)28-41(47(37)66-45)59-21-17-55(3)18-22-59)24-26-64-25-23-56(4)35-12-9-33(10-13-35)52-48(62)44-30-42(60)36-7-6-8-40(46(36)65-44)58-19-15-54(2)16-20-58/h6-14,27-31H,5,15-26H2,1-4H3,(H,52,62)(H,53,63). The van der Waals surface area contributed by atoms with Gasteiger partial charge in [-0.3, -0.25) is 19.2 Å². The van der Waals surface area contributed by atoms with Crippen LogP contribution in [0.5, 0.6) is 0 Å². The fourth-order valence-electron chi connectivity index (χ4n) is 8.25. The lowest BCUT2D eigenvalue weighted by molar-refractivity contribution is 0.0990. The Bertz CT molecular complexity index is 2840. The van der Waals surface area contributed by atoms with Crippen LogP contribution in [0.25, 0.3) is 21.9 Å². The van der Waals surface area contributed by atoms with Gasteiger partial charge in [-0.25, -0.2) is 8.78 Å². The zero-order chi connectivity index (χ0) is 46.5. The molecule has 2 amide bonds. The average molecular weight is 905 g/mol. The monoisotopic (exact) mass is 904 g/mol. The van der Waals surface area contributed by atoms with Crippen LogP contribution in [0.4, 0.5) is 42.9 Å². The van der Waals surface area contributed by atoms with Gasteiger partial charge in [0.05, 0.1) is 41.0 Å². The lowest BCUT2D eigenvalue weighted by Crippen LogP contribution is -2.44. The van der Waals surface area contributed by atoms with Crippen LogP contribution in [-0.4, -0.2) is 128 Å². The van der Waals surface area contributed by atoms with Gasteiger partial charge in [-0.1, -0.05) is 6.07 Å². The maximum absolute atomic E-state index is 15.5. The summed E-state index contributed by atoms with van der Waals surface area (Å²) in [5.41, 5.74) is 2.81. The van der Waals surface area contributed by atoms with Crippen molar-refractivity contribution in [2.45, 2.75) is 6.92 Å². The Hall–Kier alpha value is -6.82. The van der Waals surface area contributed by atoms with E-state index < -0.39 is 28.9 Å². The number of ether oxygens (including phenoxy) is 1. The van der Waals surface area contributed by atoms with Gasteiger partial charge in [0.25, 0.3) is 11.8 Å². The number of amides is 2. The van der Waals surface area contributed by atoms with E-state index in [-0.39, 0.29) is 33.6 Å². The minimum atomic E-state index is -0.744. The Morgan fingerprint density at radius 3 is 1.85 bits per heavy atom. The summed E-state index contributed by atoms with van der Waals surface area (Å²) in [4.78, 5) is 65.0. The van der Waals surface area contributed by atoms with Crippen LogP contribution in [0, 0.1) is 11.6 Å². The normalized spacial score (nSPS) is 14.8. The average Bonchev–Trinajstić information content (AvgIpc) is 3.31. The molecule has 0 spiro atoms. The number of hydrogen-bond acceptors (Lipinski definition) is 13. The fraction of sp³-hybridized carbons (Fsp3) is 0.347. The number of benzene rings is 4. The fourth-order valence-corrected chi connectivity index (χ4v) is 8.25. The summed E-state index contributed by atoms with van der Waals surface area (Å²) in [5.74, 6) is -2.74. The highest BCUT2D eigenvalue weighted by atomic mass is 19.1. The molecule has 2 fully saturated rings. The van der Waals surface area contributed by atoms with E-state index in [1.165, 1.54) is 18.2 Å². The van der Waals surface area contributed by atoms with Crippen molar-refractivity contribution in [1.82, 2.24) is 9.80 Å². The van der Waals surface area contributed by atoms with Crippen molar-refractivity contribution in [2.75, 3.05) is 137 Å². The SMILES string of the molecule is CCN(CCOCCN(C)c1ccc(NC(=O)c2cc(=O)c3cccc(N4CCN(C)CC4)c3o2)cc1)c1ccc(NC(=O)c2cc(=O)c3cc(F)cc(N4CCN(C)CC4)c3o2)cc1F. The molecule has 0 unspecified atom stereocenters. The molecule has 6 aromatic rings. The van der Waals surface area contributed by atoms with Crippen LogP contribution in [0.2, 0.25) is 0 Å². The highest BCUT2D eigenvalue weighted by Gasteiger charge is 2.24. The Labute approximate surface area is 380 Å². The van der Waals surface area contributed by atoms with Crippen molar-refractivity contribution in [3.05, 3.63) is 129 Å². The van der Waals surface area contributed by atoms with E-state index in [9.17, 15) is 23.6 Å². The molecule has 15 nitrogen and oxygen atoms in total. The predicted octanol–water partition coefficient (Wildman–Crippen LogP) is 6.17. The minimum Gasteiger partial charge on any atom is -0.448 e. The molecule has 4 aromatic carbocycles. The van der Waals surface area contributed by atoms with E-state index in [0.717, 1.165) is 62.8 Å². The smallest absolute Gasteiger partial charge is 0.291 e. The van der Waals surface area contributed by atoms with Gasteiger partial charge in [0.1, 0.15) is 11.6 Å². The highest BCUT2D eigenvalue weighted by molar-refractivity contribution is 6.04. The van der Waals surface area contributed by atoms with Gasteiger partial charge in [0, 0.05) is 114 Å². The quantitative estimate of drug-likeness (QED) is 0.114. The van der Waals surface area contributed by atoms with E-state index in [2.05, 4.69) is 32.4 Å². The first-order valence-electron chi connectivity index (χ1n) is 22.1. The predicted molar refractivity (Wildman–Crippen MR) is 255 cm³/mol. The second kappa shape index (κ2) is 20.1. The lowest BCUT2D eigenvalue weighted by atomic mass is 10.1. The Morgan fingerprint density at radius 1 is 0.667 bits per heavy atom. The van der Waals surface area contributed by atoms with Crippen molar-refractivity contribution in [3.8, 4) is 0 Å². The number of hydrogen-bond donors (Lipinski definition) is 2. The van der Waals surface area contributed by atoms with Crippen LogP contribution in [0.15, 0.2) is 103 Å². The van der Waals surface area contributed by atoms with Crippen LogP contribution >= 0.6 is 0 Å². The molecule has 2 N–H and O–H groups in total. The maximum Gasteiger partial charge on any atom is 0.291 e. The number of carbonyl (C=O) groups is 2. The number of rotatable bonds is 15. The number of likely N-dealkylation sites (N-methyl/N-ethyl adjacent to an activating group) is 4. The largest absolute Gasteiger partial charge is 0.448 e. The molecule has 0 aliphatic carbocycles. The summed E-state index contributed by atoms with van der Waals surface area (Å²) in [7, 11) is 5.99. The van der Waals surface area contributed by atoms with E-state index in [1.54, 1.807) is 30.3 Å². The lowest BCUT2D eigenvalue weighted by Gasteiger charge is -2.34. The van der Waals surface area contributed by atoms with Crippen molar-refractivity contribution < 1.29 is 31.9 Å². The van der Waals surface area contributed by atoms with Gasteiger partial charge in [-0.05, 0) is 81.7 Å². The van der Waals surface area contributed by atoms with E-state index in [4.69, 9.17) is 13.6 Å². The molecule has 346 valence electrons. The number of anilines is 6. The van der Waals surface area contributed by atoms with Gasteiger partial charge >= 0.3 is 0 Å². The number of nitrogens with zero attached hydrogens (tertiary/aromatic N) is 6. The number of fused-ring (bicyclic) bond motifs is 2. The Kier molecular flexibility index (Phi) is 14.0. The molecule has 8 rings (SSSR count). The number of para-hydroxylation sites is 1. The molecule has 0 saturated carbocycles. The molecule has 2 aromatic heterocycles. The van der Waals surface area contributed by atoms with Crippen molar-refractivity contribution in [3.63, 3.8) is 0 Å². The van der Waals surface area contributed by atoms with Crippen LogP contribution in [0.1, 0.15) is 28.0 Å². The van der Waals surface area contributed by atoms with Crippen LogP contribution in [-0.2, 0) is 4.74 Å². The molecule has 0 bridgehead atoms. The number of piperazine rings is 2. The zero-order valence-electron chi connectivity index (χ0n) is 37.6. The number of carbonyl (C=O) groups excluding carboxylic acids is 2. The number of nitrogens with one attached hydrogen (secondary N) is 2.